The predicted molar refractivity (Wildman–Crippen MR) is 135 cm³/mol. The minimum Gasteiger partial charge on any atom is -0.480 e. The first-order valence-corrected chi connectivity index (χ1v) is 13.1. The zero-order valence-electron chi connectivity index (χ0n) is 19.8. The normalized spacial score (nSPS) is 16.2. The molecule has 6 heteroatoms. The van der Waals surface area contributed by atoms with Gasteiger partial charge in [0.2, 0.25) is 0 Å². The maximum Gasteiger partial charge on any atom is 0.326 e. The zero-order chi connectivity index (χ0) is 23.8. The van der Waals surface area contributed by atoms with E-state index in [1.54, 1.807) is 18.9 Å². The number of carboxylic acids is 1. The summed E-state index contributed by atoms with van der Waals surface area (Å²) in [4.78, 5) is 25.0. The molecule has 1 fully saturated rings. The Morgan fingerprint density at radius 3 is 2.48 bits per heavy atom. The van der Waals surface area contributed by atoms with Crippen molar-refractivity contribution in [2.75, 3.05) is 19.1 Å². The first kappa shape index (κ1) is 25.3. The number of carbonyl (C=O) groups excluding carboxylic acids is 1. The van der Waals surface area contributed by atoms with Gasteiger partial charge in [-0.15, -0.1) is 0 Å². The van der Waals surface area contributed by atoms with Gasteiger partial charge in [0, 0.05) is 12.7 Å². The summed E-state index contributed by atoms with van der Waals surface area (Å²) in [7, 11) is 1.76. The molecule has 33 heavy (non-hydrogen) atoms. The van der Waals surface area contributed by atoms with Crippen LogP contribution >= 0.6 is 11.8 Å². The fraction of sp³-hybridized carbons (Fsp3) is 0.481. The molecule has 2 atom stereocenters. The van der Waals surface area contributed by atoms with Crippen LogP contribution in [0.15, 0.2) is 42.5 Å². The molecule has 2 unspecified atom stereocenters. The van der Waals surface area contributed by atoms with Crippen molar-refractivity contribution in [1.29, 1.82) is 0 Å². The number of rotatable bonds is 10. The first-order valence-electron chi connectivity index (χ1n) is 11.7. The van der Waals surface area contributed by atoms with Gasteiger partial charge in [0.1, 0.15) is 6.04 Å². The molecule has 0 bridgehead atoms. The highest BCUT2D eigenvalue weighted by molar-refractivity contribution is 7.98. The van der Waals surface area contributed by atoms with Crippen LogP contribution in [0.2, 0.25) is 0 Å². The molecule has 0 spiro atoms. The van der Waals surface area contributed by atoms with Crippen LogP contribution in [-0.4, -0.2) is 42.1 Å². The topological polar surface area (TPSA) is 75.6 Å². The minimum absolute atomic E-state index is 0.0153. The Morgan fingerprint density at radius 1 is 1.12 bits per heavy atom. The van der Waals surface area contributed by atoms with Crippen molar-refractivity contribution in [3.63, 3.8) is 0 Å². The van der Waals surface area contributed by atoms with E-state index in [1.165, 1.54) is 19.3 Å². The molecule has 0 heterocycles. The second-order valence-electron chi connectivity index (χ2n) is 8.82. The number of carbonyl (C=O) groups is 2. The van der Waals surface area contributed by atoms with Crippen molar-refractivity contribution in [3.8, 4) is 11.1 Å². The second-order valence-corrected chi connectivity index (χ2v) is 9.81. The average Bonchev–Trinajstić information content (AvgIpc) is 2.83. The molecule has 5 nitrogen and oxygen atoms in total. The molecule has 2 aromatic rings. The molecule has 0 saturated heterocycles. The number of carboxylic acid groups (broad SMARTS) is 1. The van der Waals surface area contributed by atoms with Crippen LogP contribution in [0.1, 0.15) is 66.1 Å². The molecule has 1 amide bonds. The number of methoxy groups -OCH3 is 1. The largest absolute Gasteiger partial charge is 0.480 e. The number of ether oxygens (including phenoxy) is 1. The minimum atomic E-state index is -1.01. The zero-order valence-corrected chi connectivity index (χ0v) is 20.6. The smallest absolute Gasteiger partial charge is 0.326 e. The Labute approximate surface area is 201 Å². The molecule has 2 N–H and O–H groups in total. The summed E-state index contributed by atoms with van der Waals surface area (Å²) >= 11 is 1.56. The van der Waals surface area contributed by atoms with Crippen molar-refractivity contribution < 1.29 is 19.4 Å². The van der Waals surface area contributed by atoms with E-state index in [1.807, 2.05) is 49.6 Å². The number of amides is 1. The summed E-state index contributed by atoms with van der Waals surface area (Å²) in [6, 6.07) is 12.9. The third kappa shape index (κ3) is 6.39. The van der Waals surface area contributed by atoms with E-state index in [2.05, 4.69) is 11.4 Å². The molecule has 3 rings (SSSR count). The van der Waals surface area contributed by atoms with Crippen LogP contribution in [0.25, 0.3) is 11.1 Å². The van der Waals surface area contributed by atoms with E-state index in [0.29, 0.717) is 23.7 Å². The van der Waals surface area contributed by atoms with Crippen molar-refractivity contribution >= 4 is 23.6 Å². The average molecular weight is 470 g/mol. The molecule has 1 aliphatic rings. The molecule has 0 aliphatic heterocycles. The lowest BCUT2D eigenvalue weighted by atomic mass is 9.81. The van der Waals surface area contributed by atoms with Crippen LogP contribution < -0.4 is 5.32 Å². The maximum atomic E-state index is 13.3. The van der Waals surface area contributed by atoms with Gasteiger partial charge in [0.05, 0.1) is 6.10 Å². The summed E-state index contributed by atoms with van der Waals surface area (Å²) in [5.74, 6) is -0.239. The van der Waals surface area contributed by atoms with E-state index in [-0.39, 0.29) is 12.0 Å². The van der Waals surface area contributed by atoms with Gasteiger partial charge < -0.3 is 15.2 Å². The van der Waals surface area contributed by atoms with Crippen LogP contribution in [0.5, 0.6) is 0 Å². The number of hydrogen-bond acceptors (Lipinski definition) is 4. The summed E-state index contributed by atoms with van der Waals surface area (Å²) < 4.78 is 5.96. The van der Waals surface area contributed by atoms with Gasteiger partial charge in [-0.2, -0.15) is 11.8 Å². The molecule has 2 aromatic carbocycles. The van der Waals surface area contributed by atoms with E-state index >= 15 is 0 Å². The van der Waals surface area contributed by atoms with Crippen LogP contribution in [0.3, 0.4) is 0 Å². The Balaban J connectivity index is 2.00. The fourth-order valence-electron chi connectivity index (χ4n) is 4.80. The number of aryl methyl sites for hydroxylation is 1. The number of hydrogen-bond donors (Lipinski definition) is 2. The predicted octanol–water partition coefficient (Wildman–Crippen LogP) is 5.87. The third-order valence-electron chi connectivity index (χ3n) is 6.60. The van der Waals surface area contributed by atoms with E-state index in [9.17, 15) is 14.7 Å². The van der Waals surface area contributed by atoms with Crippen molar-refractivity contribution in [1.82, 2.24) is 5.32 Å². The Kier molecular flexibility index (Phi) is 9.39. The Hall–Kier alpha value is -2.31. The van der Waals surface area contributed by atoms with Crippen LogP contribution in [0, 0.1) is 12.8 Å². The Bertz CT molecular complexity index is 955. The van der Waals surface area contributed by atoms with Gasteiger partial charge in [-0.1, -0.05) is 49.6 Å². The van der Waals surface area contributed by atoms with E-state index in [4.69, 9.17) is 4.74 Å². The number of benzene rings is 2. The third-order valence-corrected chi connectivity index (χ3v) is 7.24. The molecular formula is C27H35NO4S. The summed E-state index contributed by atoms with van der Waals surface area (Å²) in [6.07, 6.45) is 8.32. The number of aliphatic carboxylic acids is 1. The standard InChI is InChI=1S/C27H35NO4S/c1-18-9-7-8-12-21(18)23-17-20(25(32-2)19-10-5-4-6-11-19)13-14-22(23)26(29)28-24(27(30)31)15-16-33-3/h7-9,12-14,17,19,24-25H,4-6,10-11,15-16H2,1-3H3,(H,28,29)(H,30,31). The monoisotopic (exact) mass is 469 g/mol. The van der Waals surface area contributed by atoms with Gasteiger partial charge in [-0.3, -0.25) is 4.79 Å². The number of nitrogens with one attached hydrogen (secondary N) is 1. The highest BCUT2D eigenvalue weighted by Gasteiger charge is 2.27. The van der Waals surface area contributed by atoms with Gasteiger partial charge in [-0.05, 0) is 78.5 Å². The van der Waals surface area contributed by atoms with Crippen LogP contribution in [-0.2, 0) is 9.53 Å². The van der Waals surface area contributed by atoms with Gasteiger partial charge in [-0.25, -0.2) is 4.79 Å². The molecule has 1 aliphatic carbocycles. The molecule has 178 valence electrons. The molecule has 1 saturated carbocycles. The maximum absolute atomic E-state index is 13.3. The lowest BCUT2D eigenvalue weighted by Gasteiger charge is -2.30. The van der Waals surface area contributed by atoms with Gasteiger partial charge >= 0.3 is 5.97 Å². The summed E-state index contributed by atoms with van der Waals surface area (Å²) in [5, 5.41) is 12.3. The SMILES string of the molecule is COC(c1ccc(C(=O)NC(CCSC)C(=O)O)c(-c2ccccc2C)c1)C1CCCCC1. The highest BCUT2D eigenvalue weighted by atomic mass is 32.2. The first-order chi connectivity index (χ1) is 16.0. The van der Waals surface area contributed by atoms with Crippen molar-refractivity contribution in [2.24, 2.45) is 5.92 Å². The van der Waals surface area contributed by atoms with Crippen molar-refractivity contribution in [3.05, 3.63) is 59.2 Å². The highest BCUT2D eigenvalue weighted by Crippen LogP contribution is 2.38. The van der Waals surface area contributed by atoms with Gasteiger partial charge in [0.25, 0.3) is 5.91 Å². The van der Waals surface area contributed by atoms with Gasteiger partial charge in [0.15, 0.2) is 0 Å². The quantitative estimate of drug-likeness (QED) is 0.455. The van der Waals surface area contributed by atoms with Crippen LogP contribution in [0.4, 0.5) is 0 Å². The lowest BCUT2D eigenvalue weighted by Crippen LogP contribution is -2.41. The molecule has 0 radical (unpaired) electrons. The van der Waals surface area contributed by atoms with E-state index in [0.717, 1.165) is 35.1 Å². The number of thioether (sulfide) groups is 1. The van der Waals surface area contributed by atoms with Crippen molar-refractivity contribution in [2.45, 2.75) is 57.6 Å². The summed E-state index contributed by atoms with van der Waals surface area (Å²) in [6.45, 7) is 2.02. The Morgan fingerprint density at radius 2 is 1.85 bits per heavy atom. The lowest BCUT2D eigenvalue weighted by molar-refractivity contribution is -0.139. The molecular weight excluding hydrogens is 434 g/mol. The molecule has 0 aromatic heterocycles. The fourth-order valence-corrected chi connectivity index (χ4v) is 5.27. The second kappa shape index (κ2) is 12.2. The summed E-state index contributed by atoms with van der Waals surface area (Å²) in [5.41, 5.74) is 4.40. The van der Waals surface area contributed by atoms with E-state index < -0.39 is 12.0 Å².